The Morgan fingerprint density at radius 1 is 1.09 bits per heavy atom. The third-order valence-electron chi connectivity index (χ3n) is 6.70. The van der Waals surface area contributed by atoms with Crippen LogP contribution in [0.2, 0.25) is 0 Å². The number of amides is 3. The van der Waals surface area contributed by atoms with Crippen LogP contribution in [0.15, 0.2) is 18.2 Å². The second-order valence-corrected chi connectivity index (χ2v) is 9.21. The quantitative estimate of drug-likeness (QED) is 0.330. The summed E-state index contributed by atoms with van der Waals surface area (Å²) >= 11 is 0. The lowest BCUT2D eigenvalue weighted by molar-refractivity contribution is -0.139. The van der Waals surface area contributed by atoms with E-state index in [9.17, 15) is 19.5 Å². The van der Waals surface area contributed by atoms with Gasteiger partial charge in [0.25, 0.3) is 0 Å². The Morgan fingerprint density at radius 2 is 1.80 bits per heavy atom. The number of likely N-dealkylation sites (N-methyl/N-ethyl adjacent to an activating group) is 1. The standard InChI is InChI=1S/C25H38N4O6/c1-2-29(18-11-12-21-22(15-18)35-16-34-21)23(30)20(14-17-8-4-3-5-9-17)28-25(33)27-19(24(31)32)10-6-7-13-26/h11-12,15,17,19-20H,2-10,13-14,16,26H2,1H3,(H,31,32)(H2,27,28,33)/t19?,20-/m1/s1. The number of benzene rings is 1. The van der Waals surface area contributed by atoms with E-state index in [0.29, 0.717) is 55.5 Å². The van der Waals surface area contributed by atoms with Gasteiger partial charge in [0.15, 0.2) is 11.5 Å². The summed E-state index contributed by atoms with van der Waals surface area (Å²) in [6.07, 6.45) is 7.49. The van der Waals surface area contributed by atoms with Crippen molar-refractivity contribution in [3.05, 3.63) is 18.2 Å². The summed E-state index contributed by atoms with van der Waals surface area (Å²) in [5.41, 5.74) is 6.15. The summed E-state index contributed by atoms with van der Waals surface area (Å²) in [7, 11) is 0. The number of rotatable bonds is 12. The number of urea groups is 1. The first-order valence-corrected chi connectivity index (χ1v) is 12.6. The minimum atomic E-state index is -1.11. The SMILES string of the molecule is CCN(C(=O)[C@@H](CC1CCCCC1)NC(=O)NC(CCCCN)C(=O)O)c1ccc2c(c1)OCO2. The summed E-state index contributed by atoms with van der Waals surface area (Å²) in [6.45, 7) is 2.88. The van der Waals surface area contributed by atoms with E-state index in [1.807, 2.05) is 6.92 Å². The summed E-state index contributed by atoms with van der Waals surface area (Å²) in [5.74, 6) is 0.186. The van der Waals surface area contributed by atoms with Crippen molar-refractivity contribution < 1.29 is 29.0 Å². The third-order valence-corrected chi connectivity index (χ3v) is 6.70. The summed E-state index contributed by atoms with van der Waals surface area (Å²) in [5, 5.41) is 14.8. The van der Waals surface area contributed by atoms with Crippen molar-refractivity contribution in [1.29, 1.82) is 0 Å². The minimum absolute atomic E-state index is 0.140. The highest BCUT2D eigenvalue weighted by molar-refractivity contribution is 5.99. The van der Waals surface area contributed by atoms with Gasteiger partial charge in [-0.05, 0) is 57.2 Å². The van der Waals surface area contributed by atoms with Crippen molar-refractivity contribution >= 4 is 23.6 Å². The lowest BCUT2D eigenvalue weighted by Crippen LogP contribution is -2.54. The van der Waals surface area contributed by atoms with E-state index in [-0.39, 0.29) is 19.1 Å². The molecule has 5 N–H and O–H groups in total. The van der Waals surface area contributed by atoms with Gasteiger partial charge < -0.3 is 35.8 Å². The maximum absolute atomic E-state index is 13.7. The van der Waals surface area contributed by atoms with Crippen LogP contribution in [0.1, 0.15) is 64.7 Å². The van der Waals surface area contributed by atoms with E-state index in [1.54, 1.807) is 23.1 Å². The largest absolute Gasteiger partial charge is 0.480 e. The molecule has 1 unspecified atom stereocenters. The Hall–Kier alpha value is -3.01. The van der Waals surface area contributed by atoms with Crippen LogP contribution in [0.25, 0.3) is 0 Å². The lowest BCUT2D eigenvalue weighted by Gasteiger charge is -2.31. The van der Waals surface area contributed by atoms with E-state index in [0.717, 1.165) is 25.7 Å². The molecule has 3 rings (SSSR count). The molecule has 0 saturated heterocycles. The van der Waals surface area contributed by atoms with Crippen molar-refractivity contribution in [1.82, 2.24) is 10.6 Å². The van der Waals surface area contributed by atoms with Crippen molar-refractivity contribution in [3.8, 4) is 11.5 Å². The molecule has 1 aromatic carbocycles. The zero-order valence-electron chi connectivity index (χ0n) is 20.5. The number of ether oxygens (including phenoxy) is 2. The first-order chi connectivity index (χ1) is 16.9. The van der Waals surface area contributed by atoms with Gasteiger partial charge in [-0.25, -0.2) is 9.59 Å². The molecule has 0 spiro atoms. The molecular weight excluding hydrogens is 452 g/mol. The molecule has 0 radical (unpaired) electrons. The fourth-order valence-electron chi connectivity index (χ4n) is 4.79. The van der Waals surface area contributed by atoms with Crippen molar-refractivity contribution in [3.63, 3.8) is 0 Å². The molecule has 35 heavy (non-hydrogen) atoms. The predicted molar refractivity (Wildman–Crippen MR) is 132 cm³/mol. The fourth-order valence-corrected chi connectivity index (χ4v) is 4.79. The number of nitrogens with two attached hydrogens (primary N) is 1. The molecule has 1 aliphatic heterocycles. The van der Waals surface area contributed by atoms with Gasteiger partial charge in [-0.15, -0.1) is 0 Å². The Bertz CT molecular complexity index is 874. The van der Waals surface area contributed by atoms with Gasteiger partial charge in [0, 0.05) is 18.3 Å². The Kier molecular flexibility index (Phi) is 10.0. The zero-order chi connectivity index (χ0) is 25.2. The highest BCUT2D eigenvalue weighted by atomic mass is 16.7. The van der Waals surface area contributed by atoms with Gasteiger partial charge in [-0.1, -0.05) is 32.1 Å². The van der Waals surface area contributed by atoms with Gasteiger partial charge in [0.05, 0.1) is 0 Å². The van der Waals surface area contributed by atoms with Crippen molar-refractivity contribution in [2.24, 2.45) is 11.7 Å². The molecule has 1 saturated carbocycles. The van der Waals surface area contributed by atoms with E-state index >= 15 is 0 Å². The molecule has 2 aliphatic rings. The van der Waals surface area contributed by atoms with Gasteiger partial charge in [0.2, 0.25) is 12.7 Å². The van der Waals surface area contributed by atoms with E-state index in [1.165, 1.54) is 6.42 Å². The van der Waals surface area contributed by atoms with Gasteiger partial charge >= 0.3 is 12.0 Å². The van der Waals surface area contributed by atoms with Crippen LogP contribution < -0.4 is 30.7 Å². The van der Waals surface area contributed by atoms with Gasteiger partial charge in [0.1, 0.15) is 12.1 Å². The number of carbonyl (C=O) groups is 3. The maximum atomic E-state index is 13.7. The number of hydrogen-bond acceptors (Lipinski definition) is 6. The number of anilines is 1. The molecule has 1 aliphatic carbocycles. The molecular formula is C25H38N4O6. The van der Waals surface area contributed by atoms with Crippen LogP contribution in [-0.2, 0) is 9.59 Å². The van der Waals surface area contributed by atoms with Crippen molar-refractivity contribution in [2.45, 2.75) is 76.8 Å². The molecule has 2 atom stereocenters. The van der Waals surface area contributed by atoms with Crippen LogP contribution in [-0.4, -0.2) is 55.0 Å². The first kappa shape index (κ1) is 26.6. The predicted octanol–water partition coefficient (Wildman–Crippen LogP) is 2.99. The first-order valence-electron chi connectivity index (χ1n) is 12.6. The number of unbranched alkanes of at least 4 members (excludes halogenated alkanes) is 1. The lowest BCUT2D eigenvalue weighted by atomic mass is 9.84. The number of carboxylic acid groups (broad SMARTS) is 1. The summed E-state index contributed by atoms with van der Waals surface area (Å²) in [6, 6.07) is 2.86. The normalized spacial score (nSPS) is 16.9. The Balaban J connectivity index is 1.73. The third kappa shape index (κ3) is 7.48. The Morgan fingerprint density at radius 3 is 2.49 bits per heavy atom. The number of carbonyl (C=O) groups excluding carboxylic acids is 2. The summed E-state index contributed by atoms with van der Waals surface area (Å²) in [4.78, 5) is 39.8. The molecule has 1 fully saturated rings. The Labute approximate surface area is 206 Å². The average Bonchev–Trinajstić information content (AvgIpc) is 3.32. The topological polar surface area (TPSA) is 143 Å². The molecule has 0 bridgehead atoms. The molecule has 194 valence electrons. The van der Waals surface area contributed by atoms with Crippen LogP contribution >= 0.6 is 0 Å². The molecule has 1 heterocycles. The van der Waals surface area contributed by atoms with Crippen LogP contribution in [0.5, 0.6) is 11.5 Å². The minimum Gasteiger partial charge on any atom is -0.480 e. The zero-order valence-corrected chi connectivity index (χ0v) is 20.5. The molecule has 0 aromatic heterocycles. The number of hydrogen-bond donors (Lipinski definition) is 4. The average molecular weight is 491 g/mol. The highest BCUT2D eigenvalue weighted by Crippen LogP contribution is 2.36. The van der Waals surface area contributed by atoms with Crippen LogP contribution in [0, 0.1) is 5.92 Å². The van der Waals surface area contributed by atoms with Crippen LogP contribution in [0.3, 0.4) is 0 Å². The number of nitrogens with one attached hydrogen (secondary N) is 2. The fraction of sp³-hybridized carbons (Fsp3) is 0.640. The molecule has 1 aromatic rings. The monoisotopic (exact) mass is 490 g/mol. The van der Waals surface area contributed by atoms with E-state index in [2.05, 4.69) is 10.6 Å². The van der Waals surface area contributed by atoms with Gasteiger partial charge in [-0.2, -0.15) is 0 Å². The van der Waals surface area contributed by atoms with E-state index in [4.69, 9.17) is 15.2 Å². The molecule has 10 heteroatoms. The molecule has 3 amide bonds. The highest BCUT2D eigenvalue weighted by Gasteiger charge is 2.31. The van der Waals surface area contributed by atoms with E-state index < -0.39 is 24.1 Å². The second kappa shape index (κ2) is 13.2. The number of aliphatic carboxylic acids is 1. The smallest absolute Gasteiger partial charge is 0.326 e. The van der Waals surface area contributed by atoms with Gasteiger partial charge in [-0.3, -0.25) is 4.79 Å². The van der Waals surface area contributed by atoms with Crippen LogP contribution in [0.4, 0.5) is 10.5 Å². The maximum Gasteiger partial charge on any atom is 0.326 e. The second-order valence-electron chi connectivity index (χ2n) is 9.21. The summed E-state index contributed by atoms with van der Waals surface area (Å²) < 4.78 is 10.8. The number of carboxylic acids is 1. The number of fused-ring (bicyclic) bond motifs is 1. The molecule has 10 nitrogen and oxygen atoms in total. The number of nitrogens with zero attached hydrogens (tertiary/aromatic N) is 1. The van der Waals surface area contributed by atoms with Crippen molar-refractivity contribution in [2.75, 3.05) is 24.8 Å².